The molecule has 0 amide bonds. The van der Waals surface area contributed by atoms with Gasteiger partial charge in [0.2, 0.25) is 5.95 Å². The Morgan fingerprint density at radius 1 is 1.05 bits per heavy atom. The molecule has 0 bridgehead atoms. The minimum atomic E-state index is 0.567. The first kappa shape index (κ1) is 13.0. The summed E-state index contributed by atoms with van der Waals surface area (Å²) in [6, 6.07) is 10.7. The van der Waals surface area contributed by atoms with E-state index in [9.17, 15) is 0 Å². The SMILES string of the molecule is Cc1cnc(Nc2nccc3ccccc23)nc1NC1CC1. The van der Waals surface area contributed by atoms with Crippen molar-refractivity contribution in [2.45, 2.75) is 25.8 Å². The highest BCUT2D eigenvalue weighted by molar-refractivity contribution is 5.92. The van der Waals surface area contributed by atoms with Crippen molar-refractivity contribution in [2.75, 3.05) is 10.6 Å². The fourth-order valence-corrected chi connectivity index (χ4v) is 2.39. The normalized spacial score (nSPS) is 14.0. The predicted octanol–water partition coefficient (Wildman–Crippen LogP) is 3.65. The van der Waals surface area contributed by atoms with Gasteiger partial charge in [-0.15, -0.1) is 0 Å². The van der Waals surface area contributed by atoms with Crippen LogP contribution in [0.3, 0.4) is 0 Å². The summed E-state index contributed by atoms with van der Waals surface area (Å²) < 4.78 is 0. The average molecular weight is 291 g/mol. The molecule has 1 fully saturated rings. The number of hydrogen-bond acceptors (Lipinski definition) is 5. The van der Waals surface area contributed by atoms with Crippen molar-refractivity contribution in [2.24, 2.45) is 0 Å². The number of aryl methyl sites for hydroxylation is 1. The lowest BCUT2D eigenvalue weighted by atomic mass is 10.1. The van der Waals surface area contributed by atoms with Gasteiger partial charge < -0.3 is 10.6 Å². The molecule has 0 atom stereocenters. The summed E-state index contributed by atoms with van der Waals surface area (Å²) >= 11 is 0. The van der Waals surface area contributed by atoms with Gasteiger partial charge in [0.15, 0.2) is 0 Å². The highest BCUT2D eigenvalue weighted by Gasteiger charge is 2.22. The quantitative estimate of drug-likeness (QED) is 0.768. The van der Waals surface area contributed by atoms with Crippen molar-refractivity contribution in [1.29, 1.82) is 0 Å². The lowest BCUT2D eigenvalue weighted by molar-refractivity contribution is 1.06. The van der Waals surface area contributed by atoms with Gasteiger partial charge in [0.25, 0.3) is 0 Å². The summed E-state index contributed by atoms with van der Waals surface area (Å²) in [5.41, 5.74) is 1.06. The molecule has 22 heavy (non-hydrogen) atoms. The van der Waals surface area contributed by atoms with Gasteiger partial charge in [0.1, 0.15) is 11.6 Å². The van der Waals surface area contributed by atoms with Gasteiger partial charge >= 0.3 is 0 Å². The van der Waals surface area contributed by atoms with Crippen molar-refractivity contribution < 1.29 is 0 Å². The van der Waals surface area contributed by atoms with Gasteiger partial charge in [-0.25, -0.2) is 9.97 Å². The molecule has 1 aliphatic carbocycles. The van der Waals surface area contributed by atoms with E-state index in [0.29, 0.717) is 12.0 Å². The van der Waals surface area contributed by atoms with Crippen LogP contribution in [0, 0.1) is 6.92 Å². The van der Waals surface area contributed by atoms with Gasteiger partial charge in [0, 0.05) is 29.4 Å². The molecule has 5 nitrogen and oxygen atoms in total. The van der Waals surface area contributed by atoms with Crippen LogP contribution in [0.5, 0.6) is 0 Å². The molecule has 1 saturated carbocycles. The first-order valence-electron chi connectivity index (χ1n) is 7.50. The molecule has 0 saturated heterocycles. The Labute approximate surface area is 128 Å². The molecule has 4 rings (SSSR count). The smallest absolute Gasteiger partial charge is 0.230 e. The third-order valence-electron chi connectivity index (χ3n) is 3.79. The molecule has 1 aromatic carbocycles. The topological polar surface area (TPSA) is 62.7 Å². The molecule has 0 spiro atoms. The summed E-state index contributed by atoms with van der Waals surface area (Å²) in [4.78, 5) is 13.4. The van der Waals surface area contributed by atoms with E-state index >= 15 is 0 Å². The number of fused-ring (bicyclic) bond motifs is 1. The maximum Gasteiger partial charge on any atom is 0.230 e. The number of hydrogen-bond donors (Lipinski definition) is 2. The Balaban J connectivity index is 1.67. The first-order chi connectivity index (χ1) is 10.8. The fourth-order valence-electron chi connectivity index (χ4n) is 2.39. The Morgan fingerprint density at radius 3 is 2.77 bits per heavy atom. The zero-order valence-electron chi connectivity index (χ0n) is 12.4. The molecule has 110 valence electrons. The predicted molar refractivity (Wildman–Crippen MR) is 88.4 cm³/mol. The second kappa shape index (κ2) is 5.26. The zero-order chi connectivity index (χ0) is 14.9. The van der Waals surface area contributed by atoms with Crippen molar-refractivity contribution >= 4 is 28.4 Å². The second-order valence-electron chi connectivity index (χ2n) is 5.65. The lowest BCUT2D eigenvalue weighted by Gasteiger charge is -2.11. The van der Waals surface area contributed by atoms with Gasteiger partial charge in [-0.2, -0.15) is 4.98 Å². The Morgan fingerprint density at radius 2 is 1.91 bits per heavy atom. The summed E-state index contributed by atoms with van der Waals surface area (Å²) in [5.74, 6) is 2.25. The summed E-state index contributed by atoms with van der Waals surface area (Å²) in [5, 5.41) is 8.87. The fraction of sp³-hybridized carbons (Fsp3) is 0.235. The van der Waals surface area contributed by atoms with Crippen LogP contribution >= 0.6 is 0 Å². The minimum Gasteiger partial charge on any atom is -0.367 e. The van der Waals surface area contributed by atoms with E-state index in [1.165, 1.54) is 12.8 Å². The average Bonchev–Trinajstić information content (AvgIpc) is 3.35. The number of nitrogens with one attached hydrogen (secondary N) is 2. The van der Waals surface area contributed by atoms with E-state index in [1.807, 2.05) is 37.4 Å². The van der Waals surface area contributed by atoms with Crippen LogP contribution in [-0.2, 0) is 0 Å². The van der Waals surface area contributed by atoms with Crippen LogP contribution in [0.15, 0.2) is 42.7 Å². The van der Waals surface area contributed by atoms with Crippen LogP contribution in [0.25, 0.3) is 10.8 Å². The largest absolute Gasteiger partial charge is 0.367 e. The molecule has 0 unspecified atom stereocenters. The Hall–Kier alpha value is -2.69. The van der Waals surface area contributed by atoms with Crippen molar-refractivity contribution in [1.82, 2.24) is 15.0 Å². The van der Waals surface area contributed by atoms with Gasteiger partial charge in [-0.3, -0.25) is 0 Å². The van der Waals surface area contributed by atoms with Crippen LogP contribution in [0.2, 0.25) is 0 Å². The van der Waals surface area contributed by atoms with Crippen molar-refractivity contribution in [3.63, 3.8) is 0 Å². The second-order valence-corrected chi connectivity index (χ2v) is 5.65. The number of anilines is 3. The highest BCUT2D eigenvalue weighted by atomic mass is 15.2. The minimum absolute atomic E-state index is 0.567. The summed E-state index contributed by atoms with van der Waals surface area (Å²) in [7, 11) is 0. The molecule has 0 radical (unpaired) electrons. The summed E-state index contributed by atoms with van der Waals surface area (Å²) in [6.07, 6.45) is 6.07. The van der Waals surface area contributed by atoms with E-state index < -0.39 is 0 Å². The standard InChI is InChI=1S/C17H17N5/c1-11-10-19-17(21-15(11)20-13-6-7-13)22-16-14-5-3-2-4-12(14)8-9-18-16/h2-5,8-10,13H,6-7H2,1H3,(H2,18,19,20,21,22). The van der Waals surface area contributed by atoms with Crippen LogP contribution in [0.4, 0.5) is 17.6 Å². The van der Waals surface area contributed by atoms with Crippen LogP contribution in [0.1, 0.15) is 18.4 Å². The Kier molecular flexibility index (Phi) is 3.11. The molecular weight excluding hydrogens is 274 g/mol. The van der Waals surface area contributed by atoms with Crippen LogP contribution < -0.4 is 10.6 Å². The van der Waals surface area contributed by atoms with Crippen molar-refractivity contribution in [3.05, 3.63) is 48.3 Å². The third kappa shape index (κ3) is 2.57. The number of pyridine rings is 1. The van der Waals surface area contributed by atoms with E-state index in [-0.39, 0.29) is 0 Å². The van der Waals surface area contributed by atoms with E-state index in [0.717, 1.165) is 28.0 Å². The first-order valence-corrected chi connectivity index (χ1v) is 7.50. The maximum atomic E-state index is 4.58. The molecule has 2 aromatic heterocycles. The zero-order valence-corrected chi connectivity index (χ0v) is 12.4. The molecule has 2 N–H and O–H groups in total. The molecule has 0 aliphatic heterocycles. The van der Waals surface area contributed by atoms with E-state index in [4.69, 9.17) is 0 Å². The van der Waals surface area contributed by atoms with E-state index in [1.54, 1.807) is 6.20 Å². The van der Waals surface area contributed by atoms with Crippen LogP contribution in [-0.4, -0.2) is 21.0 Å². The molecular formula is C17H17N5. The highest BCUT2D eigenvalue weighted by Crippen LogP contribution is 2.27. The van der Waals surface area contributed by atoms with Gasteiger partial charge in [-0.05, 0) is 31.2 Å². The number of aromatic nitrogens is 3. The third-order valence-corrected chi connectivity index (χ3v) is 3.79. The number of benzene rings is 1. The monoisotopic (exact) mass is 291 g/mol. The molecule has 3 aromatic rings. The van der Waals surface area contributed by atoms with E-state index in [2.05, 4.69) is 31.7 Å². The van der Waals surface area contributed by atoms with Gasteiger partial charge in [-0.1, -0.05) is 24.3 Å². The lowest BCUT2D eigenvalue weighted by Crippen LogP contribution is -2.08. The number of nitrogens with zero attached hydrogens (tertiary/aromatic N) is 3. The maximum absolute atomic E-state index is 4.58. The summed E-state index contributed by atoms with van der Waals surface area (Å²) in [6.45, 7) is 2.02. The van der Waals surface area contributed by atoms with Crippen molar-refractivity contribution in [3.8, 4) is 0 Å². The molecule has 2 heterocycles. The molecule has 5 heteroatoms. The molecule has 1 aliphatic rings. The Bertz CT molecular complexity index is 821. The van der Waals surface area contributed by atoms with Gasteiger partial charge in [0.05, 0.1) is 0 Å². The number of rotatable bonds is 4.